The van der Waals surface area contributed by atoms with E-state index in [9.17, 15) is 0 Å². The number of hydrogen-bond acceptors (Lipinski definition) is 2. The van der Waals surface area contributed by atoms with E-state index in [0.29, 0.717) is 6.04 Å². The molecule has 1 heterocycles. The molecule has 1 fully saturated rings. The van der Waals surface area contributed by atoms with Gasteiger partial charge in [-0.1, -0.05) is 26.3 Å². The lowest BCUT2D eigenvalue weighted by atomic mass is 9.71. The molecule has 2 nitrogen and oxygen atoms in total. The summed E-state index contributed by atoms with van der Waals surface area (Å²) in [7, 11) is 1.76. The summed E-state index contributed by atoms with van der Waals surface area (Å²) in [5.74, 6) is 3.52. The molecule has 2 aliphatic rings. The topological polar surface area (TPSA) is 21.3 Å². The molecule has 4 unspecified atom stereocenters. The maximum Gasteiger partial charge on any atom is 0.119 e. The number of ether oxygens (including phenoxy) is 1. The Balaban J connectivity index is 1.85. The van der Waals surface area contributed by atoms with Crippen LogP contribution in [0.4, 0.5) is 0 Å². The van der Waals surface area contributed by atoms with Gasteiger partial charge in [-0.05, 0) is 66.8 Å². The van der Waals surface area contributed by atoms with Gasteiger partial charge in [0, 0.05) is 6.04 Å². The first-order valence-corrected chi connectivity index (χ1v) is 8.09. The predicted octanol–water partition coefficient (Wildman–Crippen LogP) is 3.95. The van der Waals surface area contributed by atoms with E-state index in [2.05, 4.69) is 37.4 Å². The molecule has 110 valence electrons. The number of methoxy groups -OCH3 is 1. The lowest BCUT2D eigenvalue weighted by Gasteiger charge is -2.39. The SMILES string of the molecule is COc1ccc2c(c1)C(C1CCC(C)C(C)C1)NCC2. The molecule has 1 aromatic rings. The molecule has 1 aromatic carbocycles. The van der Waals surface area contributed by atoms with Crippen molar-refractivity contribution in [2.45, 2.75) is 45.6 Å². The van der Waals surface area contributed by atoms with Gasteiger partial charge in [-0.2, -0.15) is 0 Å². The maximum atomic E-state index is 5.43. The highest BCUT2D eigenvalue weighted by Crippen LogP contribution is 2.42. The Bertz CT molecular complexity index is 470. The zero-order chi connectivity index (χ0) is 14.1. The van der Waals surface area contributed by atoms with Crippen LogP contribution in [-0.2, 0) is 6.42 Å². The van der Waals surface area contributed by atoms with E-state index in [-0.39, 0.29) is 0 Å². The average Bonchev–Trinajstić information content (AvgIpc) is 2.49. The molecule has 1 saturated carbocycles. The van der Waals surface area contributed by atoms with Crippen molar-refractivity contribution in [3.63, 3.8) is 0 Å². The van der Waals surface area contributed by atoms with Gasteiger partial charge >= 0.3 is 0 Å². The summed E-state index contributed by atoms with van der Waals surface area (Å²) >= 11 is 0. The fourth-order valence-corrected chi connectivity index (χ4v) is 4.00. The fraction of sp³-hybridized carbons (Fsp3) is 0.667. The lowest BCUT2D eigenvalue weighted by Crippen LogP contribution is -2.37. The third-order valence-corrected chi connectivity index (χ3v) is 5.56. The van der Waals surface area contributed by atoms with E-state index < -0.39 is 0 Å². The van der Waals surface area contributed by atoms with E-state index in [4.69, 9.17) is 4.74 Å². The highest BCUT2D eigenvalue weighted by Gasteiger charge is 2.33. The van der Waals surface area contributed by atoms with Gasteiger partial charge in [-0.15, -0.1) is 0 Å². The molecule has 0 saturated heterocycles. The van der Waals surface area contributed by atoms with Gasteiger partial charge in [-0.25, -0.2) is 0 Å². The van der Waals surface area contributed by atoms with Crippen LogP contribution in [0.25, 0.3) is 0 Å². The van der Waals surface area contributed by atoms with E-state index in [1.54, 1.807) is 7.11 Å². The van der Waals surface area contributed by atoms with Crippen LogP contribution >= 0.6 is 0 Å². The van der Waals surface area contributed by atoms with Crippen molar-refractivity contribution >= 4 is 0 Å². The minimum Gasteiger partial charge on any atom is -0.497 e. The van der Waals surface area contributed by atoms with Crippen molar-refractivity contribution < 1.29 is 4.74 Å². The standard InChI is InChI=1S/C18H27NO/c1-12-4-5-15(10-13(12)2)18-17-11-16(20-3)7-6-14(17)8-9-19-18/h6-7,11-13,15,18-19H,4-5,8-10H2,1-3H3. The third kappa shape index (κ3) is 2.58. The molecule has 1 aliphatic heterocycles. The van der Waals surface area contributed by atoms with Crippen molar-refractivity contribution in [1.29, 1.82) is 0 Å². The molecule has 1 N–H and O–H groups in total. The lowest BCUT2D eigenvalue weighted by molar-refractivity contribution is 0.168. The van der Waals surface area contributed by atoms with Crippen LogP contribution in [0, 0.1) is 17.8 Å². The summed E-state index contributed by atoms with van der Waals surface area (Å²) in [6.45, 7) is 5.95. The largest absolute Gasteiger partial charge is 0.497 e. The van der Waals surface area contributed by atoms with Crippen molar-refractivity contribution in [2.75, 3.05) is 13.7 Å². The monoisotopic (exact) mass is 273 g/mol. The van der Waals surface area contributed by atoms with Crippen molar-refractivity contribution in [1.82, 2.24) is 5.32 Å². The van der Waals surface area contributed by atoms with Crippen molar-refractivity contribution in [3.8, 4) is 5.75 Å². The minimum absolute atomic E-state index is 0.531. The quantitative estimate of drug-likeness (QED) is 0.881. The van der Waals surface area contributed by atoms with Gasteiger partial charge in [0.1, 0.15) is 5.75 Å². The van der Waals surface area contributed by atoms with Crippen LogP contribution < -0.4 is 10.1 Å². The van der Waals surface area contributed by atoms with Gasteiger partial charge in [0.05, 0.1) is 7.11 Å². The maximum absolute atomic E-state index is 5.43. The van der Waals surface area contributed by atoms with Crippen LogP contribution in [-0.4, -0.2) is 13.7 Å². The molecule has 0 aromatic heterocycles. The van der Waals surface area contributed by atoms with Gasteiger partial charge in [-0.3, -0.25) is 0 Å². The molecule has 2 heteroatoms. The van der Waals surface area contributed by atoms with Crippen LogP contribution in [0.15, 0.2) is 18.2 Å². The average molecular weight is 273 g/mol. The predicted molar refractivity (Wildman–Crippen MR) is 83.1 cm³/mol. The van der Waals surface area contributed by atoms with E-state index in [1.807, 2.05) is 0 Å². The fourth-order valence-electron chi connectivity index (χ4n) is 4.00. The van der Waals surface area contributed by atoms with Crippen LogP contribution in [0.1, 0.15) is 50.3 Å². The van der Waals surface area contributed by atoms with Gasteiger partial charge in [0.2, 0.25) is 0 Å². The Morgan fingerprint density at radius 2 is 2.00 bits per heavy atom. The molecule has 3 rings (SSSR count). The summed E-state index contributed by atoms with van der Waals surface area (Å²) < 4.78 is 5.43. The molecule has 0 spiro atoms. The van der Waals surface area contributed by atoms with Gasteiger partial charge in [0.25, 0.3) is 0 Å². The van der Waals surface area contributed by atoms with Crippen molar-refractivity contribution in [3.05, 3.63) is 29.3 Å². The molecular formula is C18H27NO. The highest BCUT2D eigenvalue weighted by molar-refractivity contribution is 5.39. The molecule has 0 bridgehead atoms. The first-order valence-electron chi connectivity index (χ1n) is 8.09. The first-order chi connectivity index (χ1) is 9.69. The molecular weight excluding hydrogens is 246 g/mol. The Labute approximate surface area is 122 Å². The number of hydrogen-bond donors (Lipinski definition) is 1. The number of rotatable bonds is 2. The second-order valence-electron chi connectivity index (χ2n) is 6.77. The summed E-state index contributed by atoms with van der Waals surface area (Å²) in [6, 6.07) is 7.15. The number of fused-ring (bicyclic) bond motifs is 1. The highest BCUT2D eigenvalue weighted by atomic mass is 16.5. The Kier molecular flexibility index (Phi) is 4.02. The van der Waals surface area contributed by atoms with Gasteiger partial charge in [0.15, 0.2) is 0 Å². The van der Waals surface area contributed by atoms with E-state index >= 15 is 0 Å². The summed E-state index contributed by atoms with van der Waals surface area (Å²) in [6.07, 6.45) is 5.24. The zero-order valence-electron chi connectivity index (χ0n) is 13.0. The number of nitrogens with one attached hydrogen (secondary N) is 1. The Hall–Kier alpha value is -1.02. The van der Waals surface area contributed by atoms with E-state index in [1.165, 1.54) is 30.4 Å². The summed E-state index contributed by atoms with van der Waals surface area (Å²) in [5.41, 5.74) is 3.00. The first kappa shape index (κ1) is 13.9. The van der Waals surface area contributed by atoms with Gasteiger partial charge < -0.3 is 10.1 Å². The normalized spacial score (nSPS) is 33.5. The smallest absolute Gasteiger partial charge is 0.119 e. The number of benzene rings is 1. The second-order valence-corrected chi connectivity index (χ2v) is 6.77. The second kappa shape index (κ2) is 5.77. The van der Waals surface area contributed by atoms with Crippen LogP contribution in [0.3, 0.4) is 0 Å². The molecule has 0 amide bonds. The third-order valence-electron chi connectivity index (χ3n) is 5.56. The van der Waals surface area contributed by atoms with E-state index in [0.717, 1.165) is 36.5 Å². The molecule has 4 atom stereocenters. The summed E-state index contributed by atoms with van der Waals surface area (Å²) in [5, 5.41) is 3.78. The molecule has 0 radical (unpaired) electrons. The zero-order valence-corrected chi connectivity index (χ0v) is 13.0. The molecule has 20 heavy (non-hydrogen) atoms. The van der Waals surface area contributed by atoms with Crippen molar-refractivity contribution in [2.24, 2.45) is 17.8 Å². The molecule has 1 aliphatic carbocycles. The summed E-state index contributed by atoms with van der Waals surface area (Å²) in [4.78, 5) is 0. The minimum atomic E-state index is 0.531. The van der Waals surface area contributed by atoms with Crippen LogP contribution in [0.2, 0.25) is 0 Å². The van der Waals surface area contributed by atoms with Crippen LogP contribution in [0.5, 0.6) is 5.75 Å². The Morgan fingerprint density at radius 3 is 2.75 bits per heavy atom. The Morgan fingerprint density at radius 1 is 1.15 bits per heavy atom.